The molecule has 3 rings (SSSR count). The zero-order chi connectivity index (χ0) is 19.1. The lowest BCUT2D eigenvalue weighted by Gasteiger charge is -2.09. The number of para-hydroxylation sites is 1. The molecule has 0 aliphatic carbocycles. The van der Waals surface area contributed by atoms with Gasteiger partial charge in [0.15, 0.2) is 18.2 Å². The number of rotatable bonds is 7. The molecule has 0 spiro atoms. The summed E-state index contributed by atoms with van der Waals surface area (Å²) in [5.41, 5.74) is 1.31. The van der Waals surface area contributed by atoms with Crippen LogP contribution >= 0.6 is 0 Å². The summed E-state index contributed by atoms with van der Waals surface area (Å²) in [6.45, 7) is 0.100. The van der Waals surface area contributed by atoms with Crippen molar-refractivity contribution in [2.24, 2.45) is 0 Å². The van der Waals surface area contributed by atoms with E-state index in [4.69, 9.17) is 4.74 Å². The van der Waals surface area contributed by atoms with E-state index in [1.807, 2.05) is 30.3 Å². The van der Waals surface area contributed by atoms with Gasteiger partial charge in [-0.3, -0.25) is 9.59 Å². The van der Waals surface area contributed by atoms with Crippen molar-refractivity contribution < 1.29 is 13.9 Å². The fourth-order valence-corrected chi connectivity index (χ4v) is 2.43. The second-order valence-electron chi connectivity index (χ2n) is 5.72. The molecular formula is C20H18FN3O3. The number of ether oxygens (including phenoxy) is 1. The van der Waals surface area contributed by atoms with Crippen LogP contribution in [0, 0.1) is 5.82 Å². The maximum Gasteiger partial charge on any atom is 0.266 e. The third kappa shape index (κ3) is 5.01. The van der Waals surface area contributed by atoms with E-state index in [0.29, 0.717) is 5.69 Å². The zero-order valence-corrected chi connectivity index (χ0v) is 14.5. The van der Waals surface area contributed by atoms with Crippen molar-refractivity contribution in [1.29, 1.82) is 0 Å². The van der Waals surface area contributed by atoms with Crippen molar-refractivity contribution in [2.75, 3.05) is 13.2 Å². The minimum absolute atomic E-state index is 0.0149. The van der Waals surface area contributed by atoms with Crippen LogP contribution in [-0.4, -0.2) is 28.8 Å². The van der Waals surface area contributed by atoms with Crippen molar-refractivity contribution in [3.05, 3.63) is 82.9 Å². The third-order valence-electron chi connectivity index (χ3n) is 3.78. The Morgan fingerprint density at radius 1 is 1.04 bits per heavy atom. The summed E-state index contributed by atoms with van der Waals surface area (Å²) >= 11 is 0. The van der Waals surface area contributed by atoms with Gasteiger partial charge in [-0.25, -0.2) is 9.07 Å². The highest BCUT2D eigenvalue weighted by Crippen LogP contribution is 2.15. The predicted octanol–water partition coefficient (Wildman–Crippen LogP) is 2.24. The molecule has 1 amide bonds. The molecule has 1 aromatic heterocycles. The highest BCUT2D eigenvalue weighted by atomic mass is 19.1. The number of halogens is 1. The van der Waals surface area contributed by atoms with Gasteiger partial charge in [0.1, 0.15) is 0 Å². The average Bonchev–Trinajstić information content (AvgIpc) is 2.69. The lowest BCUT2D eigenvalue weighted by atomic mass is 10.1. The number of carbonyl (C=O) groups is 1. The molecule has 0 unspecified atom stereocenters. The smallest absolute Gasteiger partial charge is 0.266 e. The van der Waals surface area contributed by atoms with Gasteiger partial charge in [-0.05, 0) is 18.2 Å². The van der Waals surface area contributed by atoms with Gasteiger partial charge >= 0.3 is 0 Å². The van der Waals surface area contributed by atoms with Gasteiger partial charge in [-0.1, -0.05) is 42.5 Å². The second kappa shape index (κ2) is 8.75. The maximum atomic E-state index is 13.4. The molecule has 0 atom stereocenters. The van der Waals surface area contributed by atoms with Crippen LogP contribution in [0.4, 0.5) is 4.39 Å². The predicted molar refractivity (Wildman–Crippen MR) is 98.8 cm³/mol. The van der Waals surface area contributed by atoms with Crippen molar-refractivity contribution in [3.8, 4) is 17.0 Å². The molecule has 27 heavy (non-hydrogen) atoms. The topological polar surface area (TPSA) is 73.2 Å². The average molecular weight is 367 g/mol. The summed E-state index contributed by atoms with van der Waals surface area (Å²) < 4.78 is 19.9. The zero-order valence-electron chi connectivity index (χ0n) is 14.5. The highest BCUT2D eigenvalue weighted by Gasteiger charge is 2.07. The quantitative estimate of drug-likeness (QED) is 0.695. The van der Waals surface area contributed by atoms with Gasteiger partial charge in [0.2, 0.25) is 0 Å². The number of amides is 1. The number of nitrogens with one attached hydrogen (secondary N) is 1. The maximum absolute atomic E-state index is 13.4. The van der Waals surface area contributed by atoms with Gasteiger partial charge in [-0.15, -0.1) is 0 Å². The van der Waals surface area contributed by atoms with Crippen LogP contribution in [0.3, 0.4) is 0 Å². The second-order valence-corrected chi connectivity index (χ2v) is 5.72. The standard InChI is InChI=1S/C20H18FN3O3/c21-16-8-4-5-9-18(16)27-14-19(25)22-12-13-24-20(26)11-10-17(23-24)15-6-2-1-3-7-15/h1-11H,12-14H2,(H,22,25). The first kappa shape index (κ1) is 18.3. The molecule has 0 fully saturated rings. The van der Waals surface area contributed by atoms with Gasteiger partial charge < -0.3 is 10.1 Å². The molecule has 0 aliphatic heterocycles. The molecule has 0 aliphatic rings. The highest BCUT2D eigenvalue weighted by molar-refractivity contribution is 5.77. The van der Waals surface area contributed by atoms with E-state index in [9.17, 15) is 14.0 Å². The lowest BCUT2D eigenvalue weighted by Crippen LogP contribution is -2.34. The van der Waals surface area contributed by atoms with Gasteiger partial charge in [0, 0.05) is 18.2 Å². The molecule has 1 heterocycles. The van der Waals surface area contributed by atoms with Crippen LogP contribution < -0.4 is 15.6 Å². The van der Waals surface area contributed by atoms with Crippen molar-refractivity contribution in [2.45, 2.75) is 6.54 Å². The molecule has 7 heteroatoms. The molecular weight excluding hydrogens is 349 g/mol. The summed E-state index contributed by atoms with van der Waals surface area (Å²) in [6.07, 6.45) is 0. The van der Waals surface area contributed by atoms with Crippen LogP contribution in [-0.2, 0) is 11.3 Å². The molecule has 138 valence electrons. The first-order valence-corrected chi connectivity index (χ1v) is 8.41. The Balaban J connectivity index is 1.53. The normalized spacial score (nSPS) is 10.4. The van der Waals surface area contributed by atoms with Crippen molar-refractivity contribution >= 4 is 5.91 Å². The number of benzene rings is 2. The van der Waals surface area contributed by atoms with Gasteiger partial charge in [-0.2, -0.15) is 5.10 Å². The Hall–Kier alpha value is -3.48. The Kier molecular flexibility index (Phi) is 5.94. The van der Waals surface area contributed by atoms with Crippen LogP contribution in [0.5, 0.6) is 5.75 Å². The van der Waals surface area contributed by atoms with E-state index in [2.05, 4.69) is 10.4 Å². The summed E-state index contributed by atoms with van der Waals surface area (Å²) in [5, 5.41) is 6.94. The Bertz CT molecular complexity index is 973. The molecule has 6 nitrogen and oxygen atoms in total. The lowest BCUT2D eigenvalue weighted by molar-refractivity contribution is -0.123. The molecule has 0 radical (unpaired) electrons. The number of hydrogen-bond donors (Lipinski definition) is 1. The number of aromatic nitrogens is 2. The molecule has 0 saturated heterocycles. The summed E-state index contributed by atoms with van der Waals surface area (Å²) in [5.74, 6) is -0.926. The molecule has 2 aromatic carbocycles. The van der Waals surface area contributed by atoms with Gasteiger partial charge in [0.05, 0.1) is 12.2 Å². The largest absolute Gasteiger partial charge is 0.481 e. The van der Waals surface area contributed by atoms with Crippen LogP contribution in [0.15, 0.2) is 71.5 Å². The van der Waals surface area contributed by atoms with E-state index in [1.54, 1.807) is 12.1 Å². The van der Waals surface area contributed by atoms with Crippen LogP contribution in [0.25, 0.3) is 11.3 Å². The molecule has 0 saturated carbocycles. The van der Waals surface area contributed by atoms with Crippen LogP contribution in [0.2, 0.25) is 0 Å². The van der Waals surface area contributed by atoms with Crippen LogP contribution in [0.1, 0.15) is 0 Å². The molecule has 3 aromatic rings. The minimum Gasteiger partial charge on any atom is -0.481 e. The Morgan fingerprint density at radius 2 is 1.78 bits per heavy atom. The third-order valence-corrected chi connectivity index (χ3v) is 3.78. The van der Waals surface area contributed by atoms with Crippen molar-refractivity contribution in [1.82, 2.24) is 15.1 Å². The number of carbonyl (C=O) groups excluding carboxylic acids is 1. The Labute approximate surface area is 155 Å². The number of nitrogens with zero attached hydrogens (tertiary/aromatic N) is 2. The fourth-order valence-electron chi connectivity index (χ4n) is 2.43. The van der Waals surface area contributed by atoms with E-state index < -0.39 is 11.7 Å². The number of hydrogen-bond acceptors (Lipinski definition) is 4. The van der Waals surface area contributed by atoms with E-state index in [0.717, 1.165) is 5.56 Å². The summed E-state index contributed by atoms with van der Waals surface area (Å²) in [7, 11) is 0. The van der Waals surface area contributed by atoms with E-state index in [-0.39, 0.29) is 31.0 Å². The molecule has 0 bridgehead atoms. The van der Waals surface area contributed by atoms with E-state index in [1.165, 1.54) is 28.9 Å². The first-order chi connectivity index (χ1) is 13.1. The fraction of sp³-hybridized carbons (Fsp3) is 0.150. The SMILES string of the molecule is O=C(COc1ccccc1F)NCCn1nc(-c2ccccc2)ccc1=O. The van der Waals surface area contributed by atoms with Gasteiger partial charge in [0.25, 0.3) is 11.5 Å². The van der Waals surface area contributed by atoms with Crippen molar-refractivity contribution in [3.63, 3.8) is 0 Å². The first-order valence-electron chi connectivity index (χ1n) is 8.41. The molecule has 1 N–H and O–H groups in total. The van der Waals surface area contributed by atoms with E-state index >= 15 is 0 Å². The monoisotopic (exact) mass is 367 g/mol. The Morgan fingerprint density at radius 3 is 2.56 bits per heavy atom. The minimum atomic E-state index is -0.529. The summed E-state index contributed by atoms with van der Waals surface area (Å²) in [4.78, 5) is 23.8. The summed E-state index contributed by atoms with van der Waals surface area (Å²) in [6, 6.07) is 18.4.